The van der Waals surface area contributed by atoms with Crippen LogP contribution in [0, 0.1) is 0 Å². The molecule has 0 amide bonds. The quantitative estimate of drug-likeness (QED) is 0.205. The van der Waals surface area contributed by atoms with Gasteiger partial charge < -0.3 is 31.7 Å². The van der Waals surface area contributed by atoms with Crippen LogP contribution in [0.2, 0.25) is 0 Å². The molecule has 0 aliphatic heterocycles. The molecule has 0 aliphatic rings. The molecule has 0 fully saturated rings. The first-order chi connectivity index (χ1) is 4.83. The van der Waals surface area contributed by atoms with Crippen LogP contribution >= 0.6 is 39.7 Å². The summed E-state index contributed by atoms with van der Waals surface area (Å²) in [7, 11) is -6.75. The predicted octanol–water partition coefficient (Wildman–Crippen LogP) is -9.15. The van der Waals surface area contributed by atoms with Crippen LogP contribution < -0.4 is 68.9 Å². The van der Waals surface area contributed by atoms with Crippen molar-refractivity contribution in [1.29, 1.82) is 0 Å². The van der Waals surface area contributed by atoms with Crippen molar-refractivity contribution in [3.05, 3.63) is 0 Å². The third-order valence-corrected chi connectivity index (χ3v) is 1.91. The second kappa shape index (κ2) is 20.8. The van der Waals surface area contributed by atoms with Gasteiger partial charge in [-0.1, -0.05) is 9.05 Å². The summed E-state index contributed by atoms with van der Waals surface area (Å²) in [6.07, 6.45) is 0. The van der Waals surface area contributed by atoms with Crippen molar-refractivity contribution in [2.45, 2.75) is 4.71 Å². The molecule has 0 bridgehead atoms. The van der Waals surface area contributed by atoms with E-state index in [1.165, 1.54) is 0 Å². The minimum absolute atomic E-state index is 0. The van der Waals surface area contributed by atoms with E-state index in [1.807, 2.05) is 0 Å². The Morgan fingerprint density at radius 2 is 1.00 bits per heavy atom. The van der Waals surface area contributed by atoms with Gasteiger partial charge in [-0.05, 0) is 32.3 Å². The molecule has 17 heavy (non-hydrogen) atoms. The molecule has 0 rings (SSSR count). The summed E-state index contributed by atoms with van der Waals surface area (Å²) >= 11 is 9.76. The second-order valence-electron chi connectivity index (χ2n) is 1.09. The van der Waals surface area contributed by atoms with Gasteiger partial charge in [0.25, 0.3) is 0 Å². The minimum Gasteiger partial charge on any atom is -0.566 e. The molecule has 0 heterocycles. The number of rotatable bonds is 4. The molecule has 0 radical (unpaired) electrons. The van der Waals surface area contributed by atoms with Crippen molar-refractivity contribution in [1.82, 2.24) is 0 Å². The Balaban J connectivity index is -0.0000000333. The first-order valence-corrected chi connectivity index (χ1v) is 4.83. The molecule has 0 aliphatic carbocycles. The second-order valence-corrected chi connectivity index (χ2v) is 3.54. The fraction of sp³-hybridized carbons (Fsp3) is 1.00. The van der Waals surface area contributed by atoms with Crippen LogP contribution in [0.3, 0.4) is 0 Å². The number of halogens is 2. The van der Waals surface area contributed by atoms with Gasteiger partial charge in [0, 0.05) is 0 Å². The van der Waals surface area contributed by atoms with Gasteiger partial charge in [0.1, 0.15) is 0 Å². The van der Waals surface area contributed by atoms with Gasteiger partial charge in [-0.3, -0.25) is 0 Å². The van der Waals surface area contributed by atoms with Crippen LogP contribution in [-0.2, 0) is 18.2 Å². The third kappa shape index (κ3) is 32.2. The Labute approximate surface area is 152 Å². The summed E-state index contributed by atoms with van der Waals surface area (Å²) in [5.74, 6) is 0. The average Bonchev–Trinajstić information content (AvgIpc) is 1.53. The van der Waals surface area contributed by atoms with Gasteiger partial charge in [0.2, 0.25) is 0 Å². The molecule has 2 unspecified atom stereocenters. The van der Waals surface area contributed by atoms with E-state index < -0.39 is 21.2 Å². The molecular weight excluding hydrogens is 351 g/mol. The molecule has 0 aromatic carbocycles. The topological polar surface area (TPSA) is 225 Å². The molecular formula is CH8Cl2Na2O10P2+2. The Kier molecular flexibility index (Phi) is 52.2. The zero-order valence-electron chi connectivity index (χ0n) is 8.60. The smallest absolute Gasteiger partial charge is 0.566 e. The third-order valence-electron chi connectivity index (χ3n) is 0.362. The minimum atomic E-state index is -3.38. The predicted molar refractivity (Wildman–Crippen MR) is 46.3 cm³/mol. The first kappa shape index (κ1) is 42.7. The van der Waals surface area contributed by atoms with Gasteiger partial charge in [0.15, 0.2) is 0 Å². The van der Waals surface area contributed by atoms with Gasteiger partial charge in [-0.25, -0.2) is 0 Å². The maximum atomic E-state index is 9.77. The van der Waals surface area contributed by atoms with E-state index in [1.54, 1.807) is 0 Å². The van der Waals surface area contributed by atoms with Gasteiger partial charge in [-0.2, -0.15) is 0 Å². The summed E-state index contributed by atoms with van der Waals surface area (Å²) in [5, 5.41) is 0. The summed E-state index contributed by atoms with van der Waals surface area (Å²) in [5.41, 5.74) is 0. The summed E-state index contributed by atoms with van der Waals surface area (Å²) in [4.78, 5) is 19.5. The Bertz CT molecular complexity index is 173. The first-order valence-electron chi connectivity index (χ1n) is 1.88. The van der Waals surface area contributed by atoms with Crippen molar-refractivity contribution in [2.24, 2.45) is 0 Å². The maximum absolute atomic E-state index is 9.77. The summed E-state index contributed by atoms with van der Waals surface area (Å²) in [6.45, 7) is 0. The molecule has 96 valence electrons. The van der Waals surface area contributed by atoms with Crippen LogP contribution in [0.1, 0.15) is 0 Å². The molecule has 16 heteroatoms. The van der Waals surface area contributed by atoms with Crippen LogP contribution in [0.25, 0.3) is 0 Å². The molecule has 0 saturated carbocycles. The standard InChI is InChI=1S/CCl2O6P2.2Na.4H2O/c2-1(3,8-10(4)5)9-11(6)7;;;;;;/h;;;4*1H2/q;2*+1;;;;. The van der Waals surface area contributed by atoms with E-state index in [0.717, 1.165) is 0 Å². The fourth-order valence-corrected chi connectivity index (χ4v) is 1.35. The van der Waals surface area contributed by atoms with Gasteiger partial charge in [0.05, 0.1) is 0 Å². The van der Waals surface area contributed by atoms with E-state index in [2.05, 4.69) is 9.05 Å². The van der Waals surface area contributed by atoms with Crippen molar-refractivity contribution >= 4 is 39.7 Å². The van der Waals surface area contributed by atoms with Crippen LogP contribution in [0.4, 0.5) is 0 Å². The molecule has 0 aromatic rings. The van der Waals surface area contributed by atoms with Crippen molar-refractivity contribution < 1.29 is 109 Å². The van der Waals surface area contributed by atoms with E-state index in [0.29, 0.717) is 0 Å². The Morgan fingerprint density at radius 1 is 0.824 bits per heavy atom. The molecule has 0 saturated heterocycles. The van der Waals surface area contributed by atoms with E-state index in [4.69, 9.17) is 23.2 Å². The van der Waals surface area contributed by atoms with Crippen LogP contribution in [0.5, 0.6) is 0 Å². The maximum Gasteiger partial charge on any atom is 1.00 e. The normalized spacial score (nSPS) is 9.41. The Morgan fingerprint density at radius 3 is 1.12 bits per heavy atom. The number of hydrogen-bond acceptors (Lipinski definition) is 6. The zero-order valence-corrected chi connectivity index (χ0v) is 15.9. The van der Waals surface area contributed by atoms with Crippen molar-refractivity contribution in [3.63, 3.8) is 0 Å². The SMILES string of the molecule is O.O.O.O.O=[P+]([O-])OC(Cl)(Cl)O[P+](=O)[O-].[Na+].[Na+]. The molecule has 0 aromatic heterocycles. The number of hydrogen-bond donors (Lipinski definition) is 0. The monoisotopic (exact) mass is 358 g/mol. The fourth-order valence-electron chi connectivity index (χ4n) is 0.190. The van der Waals surface area contributed by atoms with E-state index in [-0.39, 0.29) is 81.0 Å². The zero-order chi connectivity index (χ0) is 9.07. The van der Waals surface area contributed by atoms with Crippen LogP contribution in [-0.4, -0.2) is 26.6 Å². The largest absolute Gasteiger partial charge is 1.00 e. The van der Waals surface area contributed by atoms with Crippen LogP contribution in [0.15, 0.2) is 0 Å². The average molecular weight is 359 g/mol. The molecule has 0 spiro atoms. The van der Waals surface area contributed by atoms with Crippen molar-refractivity contribution in [3.8, 4) is 0 Å². The number of alkyl halides is 2. The molecule has 8 N–H and O–H groups in total. The summed E-state index contributed by atoms with van der Waals surface area (Å²) in [6, 6.07) is 0. The van der Waals surface area contributed by atoms with Crippen molar-refractivity contribution in [2.75, 3.05) is 0 Å². The summed E-state index contributed by atoms with van der Waals surface area (Å²) < 4.78 is 24.1. The van der Waals surface area contributed by atoms with Gasteiger partial charge >= 0.3 is 80.3 Å². The molecule has 10 nitrogen and oxygen atoms in total. The van der Waals surface area contributed by atoms with E-state index >= 15 is 0 Å². The molecule has 2 atom stereocenters. The van der Waals surface area contributed by atoms with Gasteiger partial charge in [-0.15, -0.1) is 0 Å². The Hall–Kier alpha value is 2.46. The van der Waals surface area contributed by atoms with E-state index in [9.17, 15) is 18.9 Å².